The van der Waals surface area contributed by atoms with Gasteiger partial charge < -0.3 is 70.0 Å². The van der Waals surface area contributed by atoms with Crippen LogP contribution < -0.4 is 97.8 Å². The molecule has 29 nitrogen and oxygen atoms in total. The summed E-state index contributed by atoms with van der Waals surface area (Å²) in [4.78, 5) is 95.8. The van der Waals surface area contributed by atoms with E-state index in [2.05, 4.69) is 85.5 Å². The van der Waals surface area contributed by atoms with Crippen molar-refractivity contribution in [1.29, 1.82) is 0 Å². The number of para-hydroxylation sites is 1. The number of aromatic nitrogens is 10. The van der Waals surface area contributed by atoms with E-state index in [1.54, 1.807) is 67.4 Å². The zero-order valence-electron chi connectivity index (χ0n) is 74.5. The highest BCUT2D eigenvalue weighted by molar-refractivity contribution is 5.73. The zero-order chi connectivity index (χ0) is 98.9. The maximum absolute atomic E-state index is 13.5. The van der Waals surface area contributed by atoms with Crippen molar-refractivity contribution in [2.45, 2.75) is 25.1 Å². The number of piperazine rings is 5. The molecular weight excluding hydrogens is 1860 g/mol. The Morgan fingerprint density at radius 1 is 0.293 bits per heavy atom. The number of hydrogen-bond acceptors (Lipinski definition) is 24. The van der Waals surface area contributed by atoms with E-state index in [0.29, 0.717) is 45.4 Å². The average Bonchev–Trinajstić information content (AvgIpc) is 0.770. The number of pyridine rings is 5. The predicted octanol–water partition coefficient (Wildman–Crippen LogP) is 13.1. The van der Waals surface area contributed by atoms with Gasteiger partial charge in [0.05, 0.1) is 82.3 Å². The van der Waals surface area contributed by atoms with Gasteiger partial charge in [0.2, 0.25) is 0 Å². The van der Waals surface area contributed by atoms with E-state index in [4.69, 9.17) is 9.47 Å². The quantitative estimate of drug-likeness (QED) is 0.0632. The van der Waals surface area contributed by atoms with Crippen molar-refractivity contribution in [3.63, 3.8) is 0 Å². The van der Waals surface area contributed by atoms with Gasteiger partial charge in [0.25, 0.3) is 27.8 Å². The van der Waals surface area contributed by atoms with Gasteiger partial charge >= 0.3 is 25.1 Å². The highest BCUT2D eigenvalue weighted by Crippen LogP contribution is 2.43. The van der Waals surface area contributed by atoms with Crippen LogP contribution in [0.1, 0.15) is 11.1 Å². The Balaban J connectivity index is 0.000000126. The number of alkyl halides is 12. The summed E-state index contributed by atoms with van der Waals surface area (Å²) < 4.78 is 220. The molecule has 5 saturated heterocycles. The molecule has 0 amide bonds. The van der Waals surface area contributed by atoms with Crippen molar-refractivity contribution in [1.82, 2.24) is 73.5 Å². The molecule has 0 bridgehead atoms. The molecule has 5 aliphatic rings. The number of ether oxygens (including phenoxy) is 4. The Morgan fingerprint density at radius 2 is 0.614 bits per heavy atom. The molecule has 0 atom stereocenters. The minimum Gasteiger partial charge on any atom is -0.495 e. The smallest absolute Gasteiger partial charge is 0.495 e. The standard InChI is InChI=1S/C20H19F3N4O3.C20H19F3N4O2.C19H16F4N4O.C19H17F3N4O2.C18H16F2N4O/c1-29-16-4-2-13(10-17(16)30-20(21,22)23)15-11-19(28)27-12-14(3-5-18(27)25-15)26-8-6-24-7-9-26;1-29-19-14(3-2-4-15(19)20(21,22)23)16-11-18(28)27-12-13(5-6-17(27)25-16)26-9-7-24-8-10-26;20-15-3-1-12(9-14(15)19(21,22)23)16-10-18(28)27-11-13(2-4-17(27)25-16)26-7-5-24-6-8-26;20-19(21,22)28-15-3-1-2-13(10-15)16-11-18(27)26-12-14(4-5-17(26)24-16)25-8-6-23-7-9-25;19-13-7-12(8-14(20)9-13)16-10-18(25)24-11-15(1-2-17(24)22-16)23-5-3-21-4-6-23/h2-5,10-12,24H,6-9H2,1H3;2-6,11-12,24H,7-10H2,1H3;1-4,9-11,24H,5-8H2;1-5,10-12,23H,6-9H2;1-2,7-11,21H,3-6H2. The fourth-order valence-corrected chi connectivity index (χ4v) is 16.4. The van der Waals surface area contributed by atoms with E-state index in [0.717, 1.165) is 202 Å². The third-order valence-electron chi connectivity index (χ3n) is 23.2. The van der Waals surface area contributed by atoms with Gasteiger partial charge in [-0.3, -0.25) is 46.0 Å². The van der Waals surface area contributed by atoms with Crippen LogP contribution in [0, 0.1) is 17.5 Å². The highest BCUT2D eigenvalue weighted by Gasteiger charge is 2.38. The Morgan fingerprint density at radius 3 is 0.957 bits per heavy atom. The fourth-order valence-electron chi connectivity index (χ4n) is 16.4. The summed E-state index contributed by atoms with van der Waals surface area (Å²) in [5.74, 6) is -4.06. The van der Waals surface area contributed by atoms with E-state index in [1.807, 2.05) is 30.3 Å². The Bertz CT molecular complexity index is 7360. The number of halogens is 15. The van der Waals surface area contributed by atoms with Crippen LogP contribution in [0.4, 0.5) is 94.3 Å². The number of benzene rings is 5. The van der Waals surface area contributed by atoms with Crippen LogP contribution in [0.25, 0.3) is 84.5 Å². The SMILES string of the molecule is COc1c(-c2cc(=O)n3cc(N4CCNCC4)ccc3n2)cccc1C(F)(F)F.COc1ccc(-c2cc(=O)n3cc(N4CCNCC4)ccc3n2)cc1OC(F)(F)F.O=c1cc(-c2cc(F)cc(F)c2)nc2ccc(N3CCNCC3)cn12.O=c1cc(-c2ccc(F)c(C(F)(F)F)c2)nc2ccc(N3CCNCC3)cn12.O=c1cc(-c2cccc(OC(F)(F)F)c2)nc2ccc(N3CCNCC3)cn12. The van der Waals surface area contributed by atoms with Crippen LogP contribution in [0.15, 0.2) is 243 Å². The lowest BCUT2D eigenvalue weighted by molar-refractivity contribution is -0.275. The second-order valence-electron chi connectivity index (χ2n) is 32.4. The van der Waals surface area contributed by atoms with Gasteiger partial charge in [0, 0.05) is 226 Å². The number of nitrogens with one attached hydrogen (secondary N) is 5. The van der Waals surface area contributed by atoms with E-state index in [1.165, 1.54) is 109 Å². The first-order chi connectivity index (χ1) is 67.0. The fraction of sp³-hybridized carbons (Fsp3) is 0.271. The Hall–Kier alpha value is -15.2. The molecule has 0 saturated carbocycles. The van der Waals surface area contributed by atoms with Crippen molar-refractivity contribution >= 4 is 56.7 Å². The molecular formula is C96H87F15N20O9. The zero-order valence-corrected chi connectivity index (χ0v) is 74.5. The molecule has 20 rings (SSSR count). The number of fused-ring (bicyclic) bond motifs is 5. The normalized spacial score (nSPS) is 15.0. The summed E-state index contributed by atoms with van der Waals surface area (Å²) in [6.45, 7) is 17.0. The van der Waals surface area contributed by atoms with Crippen molar-refractivity contribution in [2.24, 2.45) is 0 Å². The number of hydrogen-bond donors (Lipinski definition) is 5. The van der Waals surface area contributed by atoms with Crippen LogP contribution in [0.5, 0.6) is 23.0 Å². The van der Waals surface area contributed by atoms with Gasteiger partial charge in [0.1, 0.15) is 57.2 Å². The predicted molar refractivity (Wildman–Crippen MR) is 496 cm³/mol. The molecule has 5 aliphatic heterocycles. The minimum atomic E-state index is -4.87. The molecule has 5 aromatic carbocycles. The van der Waals surface area contributed by atoms with Gasteiger partial charge in [-0.1, -0.05) is 18.2 Å². The summed E-state index contributed by atoms with van der Waals surface area (Å²) in [6, 6.07) is 43.0. The largest absolute Gasteiger partial charge is 0.573 e. The van der Waals surface area contributed by atoms with Gasteiger partial charge in [-0.05, 0) is 133 Å². The van der Waals surface area contributed by atoms with E-state index >= 15 is 0 Å². The molecule has 730 valence electrons. The lowest BCUT2D eigenvalue weighted by Gasteiger charge is -2.29. The molecule has 140 heavy (non-hydrogen) atoms. The maximum Gasteiger partial charge on any atom is 0.573 e. The van der Waals surface area contributed by atoms with Gasteiger partial charge in [-0.2, -0.15) is 26.3 Å². The molecule has 10 aromatic heterocycles. The molecule has 5 N–H and O–H groups in total. The molecule has 0 aliphatic carbocycles. The molecule has 0 spiro atoms. The third-order valence-corrected chi connectivity index (χ3v) is 23.2. The van der Waals surface area contributed by atoms with E-state index < -0.39 is 65.0 Å². The first-order valence-electron chi connectivity index (χ1n) is 43.9. The summed E-state index contributed by atoms with van der Waals surface area (Å²) >= 11 is 0. The van der Waals surface area contributed by atoms with Crippen LogP contribution >= 0.6 is 0 Å². The molecule has 15 heterocycles. The number of nitrogens with zero attached hydrogens (tertiary/aromatic N) is 15. The molecule has 5 fully saturated rings. The Kier molecular flexibility index (Phi) is 29.4. The molecule has 44 heteroatoms. The monoisotopic (exact) mass is 1950 g/mol. The van der Waals surface area contributed by atoms with E-state index in [-0.39, 0.29) is 84.6 Å². The number of rotatable bonds is 14. The van der Waals surface area contributed by atoms with Gasteiger partial charge in [-0.25, -0.2) is 38.1 Å². The second-order valence-corrected chi connectivity index (χ2v) is 32.4. The lowest BCUT2D eigenvalue weighted by atomic mass is 10.1. The van der Waals surface area contributed by atoms with Gasteiger partial charge in [-0.15, -0.1) is 26.3 Å². The van der Waals surface area contributed by atoms with Crippen molar-refractivity contribution in [2.75, 3.05) is 170 Å². The highest BCUT2D eigenvalue weighted by atomic mass is 19.4. The summed E-state index contributed by atoms with van der Waals surface area (Å²) in [5, 5.41) is 16.3. The third kappa shape index (κ3) is 23.6. The first kappa shape index (κ1) is 97.9. The van der Waals surface area contributed by atoms with Gasteiger partial charge in [0.15, 0.2) is 11.5 Å². The van der Waals surface area contributed by atoms with Crippen LogP contribution in [-0.2, 0) is 12.4 Å². The molecule has 0 unspecified atom stereocenters. The van der Waals surface area contributed by atoms with Crippen molar-refractivity contribution in [3.8, 4) is 79.3 Å². The minimum absolute atomic E-state index is 0.0273. The summed E-state index contributed by atoms with van der Waals surface area (Å²) in [7, 11) is 2.41. The van der Waals surface area contributed by atoms with E-state index in [9.17, 15) is 89.8 Å². The Labute approximate surface area is 784 Å². The van der Waals surface area contributed by atoms with Crippen LogP contribution in [0.3, 0.4) is 0 Å². The first-order valence-corrected chi connectivity index (χ1v) is 43.9. The van der Waals surface area contributed by atoms with Crippen molar-refractivity contribution < 1.29 is 84.8 Å². The summed E-state index contributed by atoms with van der Waals surface area (Å²) in [5.41, 5.74) is 4.45. The lowest BCUT2D eigenvalue weighted by Crippen LogP contribution is -2.43. The number of anilines is 5. The molecule has 0 radical (unpaired) electrons. The average molecular weight is 1950 g/mol. The topological polar surface area (TPSA) is 285 Å². The van der Waals surface area contributed by atoms with Crippen LogP contribution in [0.2, 0.25) is 0 Å². The van der Waals surface area contributed by atoms with Crippen molar-refractivity contribution in [3.05, 3.63) is 299 Å². The maximum atomic E-state index is 13.5. The second kappa shape index (κ2) is 42.0. The summed E-state index contributed by atoms with van der Waals surface area (Å²) in [6.07, 6.45) is -10.5. The number of methoxy groups -OCH3 is 2. The molecule has 15 aromatic rings. The van der Waals surface area contributed by atoms with Crippen LogP contribution in [-0.4, -0.2) is 205 Å².